The molecular formula is C13H13NO3. The Kier molecular flexibility index (Phi) is 3.14. The molecule has 0 unspecified atom stereocenters. The van der Waals surface area contributed by atoms with Crippen molar-refractivity contribution in [3.63, 3.8) is 0 Å². The molecule has 0 bridgehead atoms. The van der Waals surface area contributed by atoms with Crippen LogP contribution >= 0.6 is 0 Å². The van der Waals surface area contributed by atoms with Gasteiger partial charge in [-0.3, -0.25) is 0 Å². The first-order valence-electron chi connectivity index (χ1n) is 5.28. The maximum absolute atomic E-state index is 10.7. The fourth-order valence-corrected chi connectivity index (χ4v) is 1.48. The van der Waals surface area contributed by atoms with Gasteiger partial charge >= 0.3 is 5.97 Å². The van der Waals surface area contributed by atoms with Crippen molar-refractivity contribution in [2.45, 2.75) is 13.5 Å². The number of hydrogen-bond acceptors (Lipinski definition) is 3. The summed E-state index contributed by atoms with van der Waals surface area (Å²) in [6.07, 6.45) is 0. The Labute approximate surface area is 98.9 Å². The molecule has 4 nitrogen and oxygen atoms in total. The quantitative estimate of drug-likeness (QED) is 0.849. The van der Waals surface area contributed by atoms with Crippen LogP contribution in [0.4, 0.5) is 5.88 Å². The van der Waals surface area contributed by atoms with E-state index in [2.05, 4.69) is 5.32 Å². The highest BCUT2D eigenvalue weighted by Gasteiger charge is 2.02. The van der Waals surface area contributed by atoms with E-state index >= 15 is 0 Å². The van der Waals surface area contributed by atoms with Crippen LogP contribution in [-0.4, -0.2) is 11.1 Å². The molecule has 0 saturated heterocycles. The summed E-state index contributed by atoms with van der Waals surface area (Å²) in [5.41, 5.74) is 1.30. The number of anilines is 1. The van der Waals surface area contributed by atoms with Crippen molar-refractivity contribution in [1.29, 1.82) is 0 Å². The zero-order valence-electron chi connectivity index (χ0n) is 9.43. The van der Waals surface area contributed by atoms with Crippen molar-refractivity contribution < 1.29 is 14.3 Å². The van der Waals surface area contributed by atoms with Gasteiger partial charge < -0.3 is 14.8 Å². The third-order valence-corrected chi connectivity index (χ3v) is 2.41. The second-order valence-corrected chi connectivity index (χ2v) is 3.77. The Hall–Kier alpha value is -2.23. The number of furan rings is 1. The predicted octanol–water partition coefficient (Wildman–Crippen LogP) is 2.90. The van der Waals surface area contributed by atoms with Gasteiger partial charge in [0.1, 0.15) is 5.76 Å². The number of carboxylic acids is 1. The molecular weight excluding hydrogens is 218 g/mol. The number of rotatable bonds is 4. The number of aryl methyl sites for hydroxylation is 1. The Balaban J connectivity index is 1.97. The summed E-state index contributed by atoms with van der Waals surface area (Å²) in [6.45, 7) is 2.49. The molecule has 4 heteroatoms. The molecule has 0 atom stereocenters. The number of nitrogens with one attached hydrogen (secondary N) is 1. The molecule has 0 spiro atoms. The summed E-state index contributed by atoms with van der Waals surface area (Å²) in [7, 11) is 0. The van der Waals surface area contributed by atoms with Crippen LogP contribution in [0.3, 0.4) is 0 Å². The summed E-state index contributed by atoms with van der Waals surface area (Å²) in [5.74, 6) is 0.657. The molecule has 1 aromatic carbocycles. The van der Waals surface area contributed by atoms with Crippen LogP contribution in [0.2, 0.25) is 0 Å². The lowest BCUT2D eigenvalue weighted by molar-refractivity contribution is 0.0697. The smallest absolute Gasteiger partial charge is 0.335 e. The highest BCUT2D eigenvalue weighted by Crippen LogP contribution is 2.13. The Morgan fingerprint density at radius 1 is 1.24 bits per heavy atom. The number of carbonyl (C=O) groups is 1. The van der Waals surface area contributed by atoms with Gasteiger partial charge in [-0.15, -0.1) is 0 Å². The van der Waals surface area contributed by atoms with Crippen molar-refractivity contribution in [3.8, 4) is 0 Å². The van der Waals surface area contributed by atoms with E-state index < -0.39 is 5.97 Å². The van der Waals surface area contributed by atoms with Gasteiger partial charge in [0.15, 0.2) is 5.88 Å². The molecule has 2 aromatic rings. The fourth-order valence-electron chi connectivity index (χ4n) is 1.48. The van der Waals surface area contributed by atoms with E-state index in [1.165, 1.54) is 0 Å². The van der Waals surface area contributed by atoms with Gasteiger partial charge in [0.05, 0.1) is 5.56 Å². The van der Waals surface area contributed by atoms with Crippen LogP contribution in [0, 0.1) is 6.92 Å². The van der Waals surface area contributed by atoms with E-state index in [9.17, 15) is 4.79 Å². The minimum Gasteiger partial charge on any atom is -0.478 e. The topological polar surface area (TPSA) is 62.5 Å². The van der Waals surface area contributed by atoms with E-state index in [4.69, 9.17) is 9.52 Å². The SMILES string of the molecule is Cc1ccc(NCc2ccc(C(=O)O)cc2)o1. The Bertz CT molecular complexity index is 514. The Morgan fingerprint density at radius 3 is 2.47 bits per heavy atom. The van der Waals surface area contributed by atoms with E-state index in [-0.39, 0.29) is 0 Å². The normalized spacial score (nSPS) is 10.2. The molecule has 2 N–H and O–H groups in total. The summed E-state index contributed by atoms with van der Waals surface area (Å²) < 4.78 is 5.36. The van der Waals surface area contributed by atoms with Gasteiger partial charge in [-0.25, -0.2) is 4.79 Å². The average molecular weight is 231 g/mol. The lowest BCUT2D eigenvalue weighted by Crippen LogP contribution is -2.00. The third-order valence-electron chi connectivity index (χ3n) is 2.41. The van der Waals surface area contributed by atoms with Crippen LogP contribution in [0.5, 0.6) is 0 Å². The van der Waals surface area contributed by atoms with Crippen molar-refractivity contribution in [2.75, 3.05) is 5.32 Å². The van der Waals surface area contributed by atoms with Gasteiger partial charge in [-0.2, -0.15) is 0 Å². The first kappa shape index (κ1) is 11.3. The van der Waals surface area contributed by atoms with Crippen molar-refractivity contribution in [1.82, 2.24) is 0 Å². The molecule has 0 radical (unpaired) electrons. The molecule has 0 amide bonds. The summed E-state index contributed by atoms with van der Waals surface area (Å²) >= 11 is 0. The summed E-state index contributed by atoms with van der Waals surface area (Å²) in [4.78, 5) is 10.7. The molecule has 0 aliphatic rings. The average Bonchev–Trinajstić information content (AvgIpc) is 2.73. The minimum atomic E-state index is -0.911. The summed E-state index contributed by atoms with van der Waals surface area (Å²) in [6, 6.07) is 10.5. The zero-order valence-corrected chi connectivity index (χ0v) is 9.43. The molecule has 1 heterocycles. The summed E-state index contributed by atoms with van der Waals surface area (Å²) in [5, 5.41) is 11.9. The van der Waals surface area contributed by atoms with Gasteiger partial charge in [0.2, 0.25) is 0 Å². The Morgan fingerprint density at radius 2 is 1.94 bits per heavy atom. The molecule has 1 aromatic heterocycles. The minimum absolute atomic E-state index is 0.294. The van der Waals surface area contributed by atoms with Gasteiger partial charge in [-0.1, -0.05) is 12.1 Å². The van der Waals surface area contributed by atoms with Crippen molar-refractivity contribution >= 4 is 11.9 Å². The monoisotopic (exact) mass is 231 g/mol. The van der Waals surface area contributed by atoms with Crippen molar-refractivity contribution in [2.24, 2.45) is 0 Å². The second-order valence-electron chi connectivity index (χ2n) is 3.77. The van der Waals surface area contributed by atoms with Crippen LogP contribution in [-0.2, 0) is 6.54 Å². The van der Waals surface area contributed by atoms with Crippen LogP contribution in [0.25, 0.3) is 0 Å². The molecule has 88 valence electrons. The lowest BCUT2D eigenvalue weighted by atomic mass is 10.1. The lowest BCUT2D eigenvalue weighted by Gasteiger charge is -2.03. The molecule has 0 saturated carbocycles. The number of aromatic carboxylic acids is 1. The van der Waals surface area contributed by atoms with E-state index in [0.29, 0.717) is 18.0 Å². The maximum Gasteiger partial charge on any atom is 0.335 e. The highest BCUT2D eigenvalue weighted by molar-refractivity contribution is 5.87. The molecule has 2 rings (SSSR count). The highest BCUT2D eigenvalue weighted by atomic mass is 16.4. The molecule has 0 aliphatic heterocycles. The van der Waals surface area contributed by atoms with Crippen LogP contribution in [0.15, 0.2) is 40.8 Å². The number of benzene rings is 1. The second kappa shape index (κ2) is 4.74. The maximum atomic E-state index is 10.7. The van der Waals surface area contributed by atoms with Crippen molar-refractivity contribution in [3.05, 3.63) is 53.3 Å². The molecule has 0 fully saturated rings. The van der Waals surface area contributed by atoms with E-state index in [0.717, 1.165) is 11.3 Å². The largest absolute Gasteiger partial charge is 0.478 e. The first-order chi connectivity index (χ1) is 8.15. The fraction of sp³-hybridized carbons (Fsp3) is 0.154. The number of hydrogen-bond donors (Lipinski definition) is 2. The molecule has 17 heavy (non-hydrogen) atoms. The van der Waals surface area contributed by atoms with Gasteiger partial charge in [0.25, 0.3) is 0 Å². The van der Waals surface area contributed by atoms with E-state index in [1.54, 1.807) is 24.3 Å². The van der Waals surface area contributed by atoms with E-state index in [1.807, 2.05) is 19.1 Å². The number of carboxylic acid groups (broad SMARTS) is 1. The molecule has 0 aliphatic carbocycles. The third kappa shape index (κ3) is 2.87. The predicted molar refractivity (Wildman–Crippen MR) is 64.2 cm³/mol. The van der Waals surface area contributed by atoms with Gasteiger partial charge in [0, 0.05) is 12.6 Å². The van der Waals surface area contributed by atoms with Gasteiger partial charge in [-0.05, 0) is 30.7 Å². The van der Waals surface area contributed by atoms with Crippen LogP contribution < -0.4 is 5.32 Å². The zero-order chi connectivity index (χ0) is 12.3. The standard InChI is InChI=1S/C13H13NO3/c1-9-2-7-12(17-9)14-8-10-3-5-11(6-4-10)13(15)16/h2-7,14H,8H2,1H3,(H,15,16). The first-order valence-corrected chi connectivity index (χ1v) is 5.28. The van der Waals surface area contributed by atoms with Crippen LogP contribution in [0.1, 0.15) is 21.7 Å².